The fraction of sp³-hybridized carbons (Fsp3) is 0.455. The van der Waals surface area contributed by atoms with E-state index in [1.54, 1.807) is 0 Å². The van der Waals surface area contributed by atoms with Crippen molar-refractivity contribution < 1.29 is 5.11 Å². The van der Waals surface area contributed by atoms with Crippen LogP contribution in [-0.4, -0.2) is 11.2 Å². The third-order valence-electron chi connectivity index (χ3n) is 3.37. The molecular weight excluding hydrogens is 148 g/mol. The summed E-state index contributed by atoms with van der Waals surface area (Å²) in [5.74, 6) is 2.17. The zero-order chi connectivity index (χ0) is 8.13. The van der Waals surface area contributed by atoms with Crippen LogP contribution in [0, 0.1) is 23.7 Å². The van der Waals surface area contributed by atoms with E-state index >= 15 is 0 Å². The smallest absolute Gasteiger partial charge is 0.0789 e. The molecule has 0 saturated carbocycles. The van der Waals surface area contributed by atoms with Crippen LogP contribution < -0.4 is 0 Å². The molecule has 0 heterocycles. The molecule has 0 aromatic rings. The lowest BCUT2D eigenvalue weighted by Gasteiger charge is -2.40. The highest BCUT2D eigenvalue weighted by molar-refractivity contribution is 5.29. The fourth-order valence-electron chi connectivity index (χ4n) is 2.56. The van der Waals surface area contributed by atoms with E-state index in [1.807, 2.05) is 6.08 Å². The van der Waals surface area contributed by atoms with Gasteiger partial charge in [-0.1, -0.05) is 36.5 Å². The van der Waals surface area contributed by atoms with Crippen molar-refractivity contribution in [3.05, 3.63) is 36.5 Å². The molecular formula is C11H12O. The molecule has 0 saturated heterocycles. The molecule has 12 heavy (non-hydrogen) atoms. The second-order valence-electron chi connectivity index (χ2n) is 3.95. The molecule has 4 aliphatic rings. The Morgan fingerprint density at radius 1 is 0.667 bits per heavy atom. The van der Waals surface area contributed by atoms with Gasteiger partial charge in [-0.2, -0.15) is 0 Å². The molecule has 4 rings (SSSR count). The maximum absolute atomic E-state index is 9.73. The third-order valence-corrected chi connectivity index (χ3v) is 3.37. The van der Waals surface area contributed by atoms with E-state index in [0.29, 0.717) is 23.7 Å². The number of fused-ring (bicyclic) bond motifs is 1. The first-order valence-electron chi connectivity index (χ1n) is 4.59. The molecule has 2 bridgehead atoms. The number of rotatable bonds is 0. The summed E-state index contributed by atoms with van der Waals surface area (Å²) in [6, 6.07) is 0. The van der Waals surface area contributed by atoms with Crippen LogP contribution in [0.2, 0.25) is 0 Å². The first kappa shape index (κ1) is 6.67. The van der Waals surface area contributed by atoms with Gasteiger partial charge in [0.25, 0.3) is 0 Å². The Morgan fingerprint density at radius 3 is 2.08 bits per heavy atom. The number of hydrogen-bond acceptors (Lipinski definition) is 1. The van der Waals surface area contributed by atoms with Gasteiger partial charge < -0.3 is 5.11 Å². The highest BCUT2D eigenvalue weighted by atomic mass is 16.3. The van der Waals surface area contributed by atoms with E-state index < -0.39 is 0 Å². The number of aliphatic hydroxyl groups is 1. The molecule has 5 atom stereocenters. The van der Waals surface area contributed by atoms with Gasteiger partial charge in [-0.25, -0.2) is 0 Å². The lowest BCUT2D eigenvalue weighted by Crippen LogP contribution is -2.36. The fourth-order valence-corrected chi connectivity index (χ4v) is 2.56. The second-order valence-corrected chi connectivity index (χ2v) is 3.95. The quantitative estimate of drug-likeness (QED) is 0.533. The minimum absolute atomic E-state index is 0.258. The standard InChI is InChI=1S/C11H12O/c12-11-6-2-7-1-3-10(11)9-5-4-8(7)9/h1-12H. The molecule has 4 aliphatic carbocycles. The van der Waals surface area contributed by atoms with E-state index in [9.17, 15) is 5.11 Å². The number of hydrogen-bond donors (Lipinski definition) is 1. The summed E-state index contributed by atoms with van der Waals surface area (Å²) in [4.78, 5) is 0. The van der Waals surface area contributed by atoms with Crippen molar-refractivity contribution in [1.82, 2.24) is 0 Å². The Hall–Kier alpha value is -0.820. The molecule has 0 fully saturated rings. The molecule has 0 spiro atoms. The van der Waals surface area contributed by atoms with E-state index in [1.165, 1.54) is 0 Å². The van der Waals surface area contributed by atoms with Crippen molar-refractivity contribution in [3.8, 4) is 0 Å². The van der Waals surface area contributed by atoms with Crippen LogP contribution in [0.1, 0.15) is 0 Å². The van der Waals surface area contributed by atoms with Gasteiger partial charge in [0.1, 0.15) is 0 Å². The average molecular weight is 160 g/mol. The summed E-state index contributed by atoms with van der Waals surface area (Å²) in [6.07, 6.45) is 12.8. The second kappa shape index (κ2) is 2.11. The summed E-state index contributed by atoms with van der Waals surface area (Å²) >= 11 is 0. The molecule has 62 valence electrons. The minimum Gasteiger partial charge on any atom is -0.388 e. The Kier molecular flexibility index (Phi) is 1.17. The zero-order valence-electron chi connectivity index (χ0n) is 6.80. The van der Waals surface area contributed by atoms with Crippen LogP contribution in [0.15, 0.2) is 36.5 Å². The largest absolute Gasteiger partial charge is 0.388 e. The predicted molar refractivity (Wildman–Crippen MR) is 47.4 cm³/mol. The third kappa shape index (κ3) is 0.674. The van der Waals surface area contributed by atoms with E-state index in [4.69, 9.17) is 0 Å². The van der Waals surface area contributed by atoms with Crippen LogP contribution in [0.3, 0.4) is 0 Å². The monoisotopic (exact) mass is 160 g/mol. The molecule has 5 unspecified atom stereocenters. The highest BCUT2D eigenvalue weighted by Crippen LogP contribution is 2.46. The molecule has 0 aliphatic heterocycles. The van der Waals surface area contributed by atoms with Crippen LogP contribution in [0.25, 0.3) is 0 Å². The first-order valence-corrected chi connectivity index (χ1v) is 4.59. The van der Waals surface area contributed by atoms with Crippen LogP contribution in [0.5, 0.6) is 0 Å². The maximum atomic E-state index is 9.73. The Morgan fingerprint density at radius 2 is 1.33 bits per heavy atom. The summed E-state index contributed by atoms with van der Waals surface area (Å²) in [5, 5.41) is 9.73. The predicted octanol–water partition coefficient (Wildman–Crippen LogP) is 1.52. The van der Waals surface area contributed by atoms with Crippen molar-refractivity contribution >= 4 is 0 Å². The Balaban J connectivity index is 2.07. The molecule has 0 radical (unpaired) electrons. The Labute approximate surface area is 72.1 Å². The van der Waals surface area contributed by atoms with Crippen LogP contribution in [-0.2, 0) is 0 Å². The molecule has 1 heteroatoms. The zero-order valence-corrected chi connectivity index (χ0v) is 6.80. The van der Waals surface area contributed by atoms with Gasteiger partial charge in [0.15, 0.2) is 0 Å². The van der Waals surface area contributed by atoms with Crippen molar-refractivity contribution in [1.29, 1.82) is 0 Å². The van der Waals surface area contributed by atoms with Gasteiger partial charge in [0.2, 0.25) is 0 Å². The van der Waals surface area contributed by atoms with Crippen LogP contribution >= 0.6 is 0 Å². The van der Waals surface area contributed by atoms with Crippen LogP contribution in [0.4, 0.5) is 0 Å². The summed E-state index contributed by atoms with van der Waals surface area (Å²) in [7, 11) is 0. The first-order chi connectivity index (χ1) is 5.86. The van der Waals surface area contributed by atoms with Gasteiger partial charge in [0, 0.05) is 11.8 Å². The topological polar surface area (TPSA) is 20.2 Å². The van der Waals surface area contributed by atoms with E-state index in [2.05, 4.69) is 30.4 Å². The van der Waals surface area contributed by atoms with Gasteiger partial charge in [-0.05, 0) is 11.8 Å². The van der Waals surface area contributed by atoms with E-state index in [0.717, 1.165) is 0 Å². The van der Waals surface area contributed by atoms with E-state index in [-0.39, 0.29) is 6.10 Å². The Bertz CT molecular complexity index is 287. The van der Waals surface area contributed by atoms with Gasteiger partial charge >= 0.3 is 0 Å². The lowest BCUT2D eigenvalue weighted by atomic mass is 9.65. The average Bonchev–Trinajstić information content (AvgIpc) is 2.19. The van der Waals surface area contributed by atoms with Crippen molar-refractivity contribution in [2.45, 2.75) is 6.10 Å². The van der Waals surface area contributed by atoms with Crippen molar-refractivity contribution in [2.24, 2.45) is 23.7 Å². The molecule has 1 nitrogen and oxygen atoms in total. The number of allylic oxidation sites excluding steroid dienone is 4. The minimum atomic E-state index is -0.258. The lowest BCUT2D eigenvalue weighted by molar-refractivity contribution is 0.128. The summed E-state index contributed by atoms with van der Waals surface area (Å²) in [5.41, 5.74) is 0. The van der Waals surface area contributed by atoms with Gasteiger partial charge in [0.05, 0.1) is 6.10 Å². The molecule has 0 aromatic heterocycles. The molecule has 1 N–H and O–H groups in total. The van der Waals surface area contributed by atoms with Crippen molar-refractivity contribution in [2.75, 3.05) is 0 Å². The van der Waals surface area contributed by atoms with Crippen molar-refractivity contribution in [3.63, 3.8) is 0 Å². The number of aliphatic hydroxyl groups excluding tert-OH is 1. The maximum Gasteiger partial charge on any atom is 0.0789 e. The van der Waals surface area contributed by atoms with Gasteiger partial charge in [-0.15, -0.1) is 0 Å². The SMILES string of the molecule is OC1C=CC2C=CC1C1C=CC21. The summed E-state index contributed by atoms with van der Waals surface area (Å²) in [6.45, 7) is 0. The highest BCUT2D eigenvalue weighted by Gasteiger charge is 2.41. The molecule has 0 amide bonds. The summed E-state index contributed by atoms with van der Waals surface area (Å²) < 4.78 is 0. The molecule has 0 aromatic carbocycles. The normalized spacial score (nSPS) is 53.2. The van der Waals surface area contributed by atoms with Gasteiger partial charge in [-0.3, -0.25) is 0 Å².